The van der Waals surface area contributed by atoms with E-state index in [4.69, 9.17) is 9.26 Å². The molecule has 1 aromatic heterocycles. The summed E-state index contributed by atoms with van der Waals surface area (Å²) >= 11 is 0. The van der Waals surface area contributed by atoms with Crippen LogP contribution in [0.1, 0.15) is 23.1 Å². The number of benzene rings is 1. The maximum absolute atomic E-state index is 13.0. The molecule has 0 aliphatic carbocycles. The van der Waals surface area contributed by atoms with Gasteiger partial charge in [0.1, 0.15) is 10.6 Å². The highest BCUT2D eigenvalue weighted by atomic mass is 32.2. The van der Waals surface area contributed by atoms with Crippen molar-refractivity contribution in [1.82, 2.24) is 9.46 Å². The number of ether oxygens (including phenoxy) is 1. The fourth-order valence-corrected chi connectivity index (χ4v) is 4.65. The molecule has 1 unspecified atom stereocenters. The molecule has 1 aromatic carbocycles. The molecule has 1 aliphatic rings. The number of hydrogen-bond acceptors (Lipinski definition) is 5. The predicted octanol–water partition coefficient (Wildman–Crippen LogP) is 2.05. The summed E-state index contributed by atoms with van der Waals surface area (Å²) < 4.78 is 38.1. The first kappa shape index (κ1) is 15.2. The van der Waals surface area contributed by atoms with Gasteiger partial charge in [-0.1, -0.05) is 35.5 Å². The molecule has 0 radical (unpaired) electrons. The molecule has 2 aromatic rings. The Bertz CT molecular complexity index is 736. The number of nitrogens with zero attached hydrogens (tertiary/aromatic N) is 2. The van der Waals surface area contributed by atoms with Crippen molar-refractivity contribution >= 4 is 10.0 Å². The van der Waals surface area contributed by atoms with E-state index in [1.165, 1.54) is 4.31 Å². The molecular weight excluding hydrogens is 304 g/mol. The zero-order valence-electron chi connectivity index (χ0n) is 12.5. The lowest BCUT2D eigenvalue weighted by Crippen LogP contribution is -2.43. The van der Waals surface area contributed by atoms with Crippen molar-refractivity contribution in [1.29, 1.82) is 0 Å². The van der Waals surface area contributed by atoms with Crippen molar-refractivity contribution in [2.75, 3.05) is 19.8 Å². The molecule has 6 nitrogen and oxygen atoms in total. The Morgan fingerprint density at radius 1 is 1.23 bits per heavy atom. The van der Waals surface area contributed by atoms with Crippen molar-refractivity contribution in [3.63, 3.8) is 0 Å². The molecule has 0 saturated carbocycles. The van der Waals surface area contributed by atoms with Gasteiger partial charge in [-0.15, -0.1) is 0 Å². The van der Waals surface area contributed by atoms with Gasteiger partial charge in [-0.05, 0) is 19.4 Å². The summed E-state index contributed by atoms with van der Waals surface area (Å²) in [7, 11) is -3.68. The highest BCUT2D eigenvalue weighted by Crippen LogP contribution is 2.32. The van der Waals surface area contributed by atoms with E-state index < -0.39 is 10.0 Å². The minimum absolute atomic E-state index is 0.162. The van der Waals surface area contributed by atoms with E-state index >= 15 is 0 Å². The average molecular weight is 322 g/mol. The van der Waals surface area contributed by atoms with E-state index in [-0.39, 0.29) is 10.9 Å². The Balaban J connectivity index is 2.04. The fourth-order valence-electron chi connectivity index (χ4n) is 2.77. The predicted molar refractivity (Wildman–Crippen MR) is 79.9 cm³/mol. The van der Waals surface area contributed by atoms with Gasteiger partial charge in [0.15, 0.2) is 5.76 Å². The highest BCUT2D eigenvalue weighted by molar-refractivity contribution is 7.89. The van der Waals surface area contributed by atoms with Gasteiger partial charge in [-0.2, -0.15) is 4.31 Å². The summed E-state index contributed by atoms with van der Waals surface area (Å²) in [5.74, 6) is 0.316. The second kappa shape index (κ2) is 5.83. The van der Waals surface area contributed by atoms with Crippen molar-refractivity contribution in [2.45, 2.75) is 24.8 Å². The van der Waals surface area contributed by atoms with Crippen LogP contribution in [-0.2, 0) is 14.8 Å². The lowest BCUT2D eigenvalue weighted by molar-refractivity contribution is 0.0320. The lowest BCUT2D eigenvalue weighted by Gasteiger charge is -2.34. The third kappa shape index (κ3) is 2.55. The van der Waals surface area contributed by atoms with Gasteiger partial charge in [0.05, 0.1) is 19.3 Å². The van der Waals surface area contributed by atoms with Gasteiger partial charge in [0.2, 0.25) is 10.0 Å². The van der Waals surface area contributed by atoms with Crippen LogP contribution < -0.4 is 0 Å². The van der Waals surface area contributed by atoms with Crippen molar-refractivity contribution in [3.8, 4) is 0 Å². The van der Waals surface area contributed by atoms with E-state index in [2.05, 4.69) is 5.16 Å². The summed E-state index contributed by atoms with van der Waals surface area (Å²) in [6.45, 7) is 4.29. The summed E-state index contributed by atoms with van der Waals surface area (Å²) in [5.41, 5.74) is 1.30. The van der Waals surface area contributed by atoms with E-state index in [9.17, 15) is 8.42 Å². The second-order valence-electron chi connectivity index (χ2n) is 5.27. The summed E-state index contributed by atoms with van der Waals surface area (Å²) in [4.78, 5) is 0.162. The maximum Gasteiger partial charge on any atom is 0.249 e. The number of hydrogen-bond donors (Lipinski definition) is 0. The molecule has 1 atom stereocenters. The molecule has 7 heteroatoms. The number of morpholine rings is 1. The molecule has 0 bridgehead atoms. The van der Waals surface area contributed by atoms with E-state index in [0.29, 0.717) is 31.2 Å². The summed E-state index contributed by atoms with van der Waals surface area (Å²) in [5, 5.41) is 3.76. The van der Waals surface area contributed by atoms with Crippen molar-refractivity contribution in [3.05, 3.63) is 47.3 Å². The van der Waals surface area contributed by atoms with E-state index in [1.54, 1.807) is 13.8 Å². The Morgan fingerprint density at radius 3 is 2.59 bits per heavy atom. The summed E-state index contributed by atoms with van der Waals surface area (Å²) in [6, 6.07) is 9.17. The standard InChI is InChI=1S/C15H18N2O4S/c1-11-15(12(2)21-16-11)22(18,19)17-8-9-20-10-14(17)13-6-4-3-5-7-13/h3-7,14H,8-10H2,1-2H3. The third-order valence-electron chi connectivity index (χ3n) is 3.80. The van der Waals surface area contributed by atoms with E-state index in [1.807, 2.05) is 30.3 Å². The van der Waals surface area contributed by atoms with Crippen LogP contribution in [0.15, 0.2) is 39.8 Å². The smallest absolute Gasteiger partial charge is 0.249 e. The van der Waals surface area contributed by atoms with Gasteiger partial charge in [0, 0.05) is 6.54 Å². The van der Waals surface area contributed by atoms with Crippen LogP contribution in [-0.4, -0.2) is 37.6 Å². The Morgan fingerprint density at radius 2 is 1.95 bits per heavy atom. The zero-order chi connectivity index (χ0) is 15.7. The van der Waals surface area contributed by atoms with Gasteiger partial charge in [-0.3, -0.25) is 0 Å². The SMILES string of the molecule is Cc1noc(C)c1S(=O)(=O)N1CCOCC1c1ccccc1. The molecule has 2 heterocycles. The number of rotatable bonds is 3. The van der Waals surface area contributed by atoms with Crippen LogP contribution >= 0.6 is 0 Å². The molecule has 0 spiro atoms. The van der Waals surface area contributed by atoms with Gasteiger partial charge < -0.3 is 9.26 Å². The van der Waals surface area contributed by atoms with Crippen LogP contribution in [0.5, 0.6) is 0 Å². The third-order valence-corrected chi connectivity index (χ3v) is 5.95. The molecule has 1 saturated heterocycles. The van der Waals surface area contributed by atoms with Gasteiger partial charge in [-0.25, -0.2) is 8.42 Å². The van der Waals surface area contributed by atoms with Crippen LogP contribution in [0.4, 0.5) is 0 Å². The maximum atomic E-state index is 13.0. The first-order valence-electron chi connectivity index (χ1n) is 7.09. The zero-order valence-corrected chi connectivity index (χ0v) is 13.3. The first-order valence-corrected chi connectivity index (χ1v) is 8.53. The van der Waals surface area contributed by atoms with Gasteiger partial charge >= 0.3 is 0 Å². The van der Waals surface area contributed by atoms with Crippen LogP contribution in [0.3, 0.4) is 0 Å². The van der Waals surface area contributed by atoms with Crippen LogP contribution in [0.2, 0.25) is 0 Å². The molecule has 3 rings (SSSR count). The quantitative estimate of drug-likeness (QED) is 0.865. The summed E-state index contributed by atoms with van der Waals surface area (Å²) in [6.07, 6.45) is 0. The molecule has 1 fully saturated rings. The molecule has 0 amide bonds. The van der Waals surface area contributed by atoms with Crippen molar-refractivity contribution < 1.29 is 17.7 Å². The minimum Gasteiger partial charge on any atom is -0.378 e. The lowest BCUT2D eigenvalue weighted by atomic mass is 10.1. The Labute approximate surface area is 129 Å². The first-order chi connectivity index (χ1) is 10.5. The highest BCUT2D eigenvalue weighted by Gasteiger charge is 2.38. The molecule has 22 heavy (non-hydrogen) atoms. The monoisotopic (exact) mass is 322 g/mol. The second-order valence-corrected chi connectivity index (χ2v) is 7.10. The Hall–Kier alpha value is -1.70. The Kier molecular flexibility index (Phi) is 4.03. The molecular formula is C15H18N2O4S. The van der Waals surface area contributed by atoms with E-state index in [0.717, 1.165) is 5.56 Å². The number of aromatic nitrogens is 1. The minimum atomic E-state index is -3.68. The van der Waals surface area contributed by atoms with Crippen LogP contribution in [0.25, 0.3) is 0 Å². The largest absolute Gasteiger partial charge is 0.378 e. The fraction of sp³-hybridized carbons (Fsp3) is 0.400. The van der Waals surface area contributed by atoms with Crippen molar-refractivity contribution in [2.24, 2.45) is 0 Å². The molecule has 1 aliphatic heterocycles. The average Bonchev–Trinajstić information content (AvgIpc) is 2.88. The van der Waals surface area contributed by atoms with Gasteiger partial charge in [0.25, 0.3) is 0 Å². The van der Waals surface area contributed by atoms with Crippen LogP contribution in [0, 0.1) is 13.8 Å². The number of sulfonamides is 1. The topological polar surface area (TPSA) is 72.6 Å². The molecule has 118 valence electrons. The molecule has 0 N–H and O–H groups in total. The normalized spacial score (nSPS) is 20.2. The number of aryl methyl sites for hydroxylation is 2.